The summed E-state index contributed by atoms with van der Waals surface area (Å²) in [5.74, 6) is 0. The summed E-state index contributed by atoms with van der Waals surface area (Å²) in [6, 6.07) is 22.1. The zero-order valence-corrected chi connectivity index (χ0v) is 13.2. The summed E-state index contributed by atoms with van der Waals surface area (Å²) < 4.78 is 0. The molecule has 0 aliphatic heterocycles. The van der Waals surface area contributed by atoms with Crippen molar-refractivity contribution < 1.29 is 0 Å². The average Bonchev–Trinajstić information content (AvgIpc) is 2.55. The molecule has 0 radical (unpaired) electrons. The Kier molecular flexibility index (Phi) is 3.90. The number of benzene rings is 3. The van der Waals surface area contributed by atoms with Gasteiger partial charge in [0.2, 0.25) is 0 Å². The van der Waals surface area contributed by atoms with E-state index < -0.39 is 0 Å². The smallest absolute Gasteiger partial charge is 0.0320 e. The number of hydrogen-bond acceptors (Lipinski definition) is 2. The van der Waals surface area contributed by atoms with Crippen LogP contribution in [0.4, 0.5) is 11.4 Å². The van der Waals surface area contributed by atoms with Gasteiger partial charge < -0.3 is 11.5 Å². The van der Waals surface area contributed by atoms with Gasteiger partial charge in [-0.15, -0.1) is 0 Å². The number of nitrogen functional groups attached to an aromatic ring is 2. The molecule has 4 N–H and O–H groups in total. The predicted octanol–water partition coefficient (Wildman–Crippen LogP) is 4.89. The Bertz CT molecular complexity index is 864. The summed E-state index contributed by atoms with van der Waals surface area (Å²) in [4.78, 5) is 0. The minimum Gasteiger partial charge on any atom is -0.399 e. The van der Waals surface area contributed by atoms with Crippen LogP contribution in [0.3, 0.4) is 0 Å². The van der Waals surface area contributed by atoms with Gasteiger partial charge in [-0.3, -0.25) is 0 Å². The maximum Gasteiger partial charge on any atom is 0.0320 e. The van der Waals surface area contributed by atoms with E-state index in [-0.39, 0.29) is 0 Å². The van der Waals surface area contributed by atoms with E-state index in [1.807, 2.05) is 42.5 Å². The van der Waals surface area contributed by atoms with Gasteiger partial charge in [0.25, 0.3) is 0 Å². The molecule has 0 saturated carbocycles. The maximum absolute atomic E-state index is 6.02. The van der Waals surface area contributed by atoms with Crippen molar-refractivity contribution in [3.8, 4) is 11.1 Å². The summed E-state index contributed by atoms with van der Waals surface area (Å²) in [7, 11) is 0. The zero-order valence-electron chi connectivity index (χ0n) is 13.2. The molecule has 3 aromatic carbocycles. The molecule has 0 atom stereocenters. The summed E-state index contributed by atoms with van der Waals surface area (Å²) in [5.41, 5.74) is 19.9. The van der Waals surface area contributed by atoms with Crippen LogP contribution in [0.15, 0.2) is 73.3 Å². The number of aryl methyl sites for hydroxylation is 1. The molecule has 0 amide bonds. The van der Waals surface area contributed by atoms with E-state index >= 15 is 0 Å². The number of nitrogens with two attached hydrogens (primary N) is 2. The molecule has 23 heavy (non-hydrogen) atoms. The molecule has 0 heterocycles. The monoisotopic (exact) mass is 300 g/mol. The van der Waals surface area contributed by atoms with Crippen molar-refractivity contribution in [1.29, 1.82) is 0 Å². The Hall–Kier alpha value is -3.00. The van der Waals surface area contributed by atoms with Crippen LogP contribution in [0.5, 0.6) is 0 Å². The first kappa shape index (κ1) is 14.9. The van der Waals surface area contributed by atoms with E-state index in [9.17, 15) is 0 Å². The molecule has 114 valence electrons. The van der Waals surface area contributed by atoms with Crippen LogP contribution < -0.4 is 11.5 Å². The lowest BCUT2D eigenvalue weighted by Gasteiger charge is -2.16. The molecule has 3 rings (SSSR count). The third-order valence-electron chi connectivity index (χ3n) is 4.03. The number of rotatable bonds is 3. The molecule has 0 fully saturated rings. The first-order valence-corrected chi connectivity index (χ1v) is 7.57. The van der Waals surface area contributed by atoms with Crippen molar-refractivity contribution in [2.75, 3.05) is 11.5 Å². The Balaban J connectivity index is 2.17. The Labute approximate surface area is 137 Å². The van der Waals surface area contributed by atoms with Crippen LogP contribution in [-0.2, 0) is 0 Å². The van der Waals surface area contributed by atoms with Crippen molar-refractivity contribution >= 4 is 16.9 Å². The Morgan fingerprint density at radius 2 is 1.39 bits per heavy atom. The third-order valence-corrected chi connectivity index (χ3v) is 4.03. The molecule has 2 nitrogen and oxygen atoms in total. The highest BCUT2D eigenvalue weighted by atomic mass is 14.5. The van der Waals surface area contributed by atoms with Crippen molar-refractivity contribution in [1.82, 2.24) is 0 Å². The lowest BCUT2D eigenvalue weighted by molar-refractivity contribution is 1.44. The van der Waals surface area contributed by atoms with E-state index in [2.05, 4.69) is 37.8 Å². The molecule has 3 aromatic rings. The standard InChI is InChI=1S/C21H20N2/c1-14-12-17(22)8-10-19(14)20-11-9-18(23)13-21(20)15(2)16-6-4-3-5-7-16/h3-13H,2,22-23H2,1H3. The fourth-order valence-electron chi connectivity index (χ4n) is 2.83. The summed E-state index contributed by atoms with van der Waals surface area (Å²) in [6.07, 6.45) is 0. The van der Waals surface area contributed by atoms with E-state index in [0.29, 0.717) is 0 Å². The van der Waals surface area contributed by atoms with E-state index in [4.69, 9.17) is 11.5 Å². The minimum absolute atomic E-state index is 0.730. The molecule has 0 spiro atoms. The van der Waals surface area contributed by atoms with Gasteiger partial charge >= 0.3 is 0 Å². The normalized spacial score (nSPS) is 10.5. The van der Waals surface area contributed by atoms with Crippen molar-refractivity contribution in [3.05, 3.63) is 90.0 Å². The molecule has 0 bridgehead atoms. The lowest BCUT2D eigenvalue weighted by atomic mass is 9.89. The van der Waals surface area contributed by atoms with Crippen LogP contribution in [0.2, 0.25) is 0 Å². The summed E-state index contributed by atoms with van der Waals surface area (Å²) in [5, 5.41) is 0. The molecule has 0 aliphatic rings. The molecule has 0 saturated heterocycles. The van der Waals surface area contributed by atoms with Gasteiger partial charge in [-0.1, -0.05) is 49.0 Å². The number of hydrogen-bond donors (Lipinski definition) is 2. The van der Waals surface area contributed by atoms with Crippen LogP contribution in [0, 0.1) is 6.92 Å². The van der Waals surface area contributed by atoms with Gasteiger partial charge in [0.15, 0.2) is 0 Å². The quantitative estimate of drug-likeness (QED) is 0.677. The SMILES string of the molecule is C=C(c1ccccc1)c1cc(N)ccc1-c1ccc(N)cc1C. The fraction of sp³-hybridized carbons (Fsp3) is 0.0476. The Morgan fingerprint density at radius 3 is 2.04 bits per heavy atom. The highest BCUT2D eigenvalue weighted by Crippen LogP contribution is 2.35. The second kappa shape index (κ2) is 6.01. The molecule has 0 aromatic heterocycles. The highest BCUT2D eigenvalue weighted by Gasteiger charge is 2.12. The van der Waals surface area contributed by atoms with Crippen LogP contribution in [-0.4, -0.2) is 0 Å². The summed E-state index contributed by atoms with van der Waals surface area (Å²) in [6.45, 7) is 6.36. The molecule has 0 aliphatic carbocycles. The van der Waals surface area contributed by atoms with Gasteiger partial charge in [0, 0.05) is 11.4 Å². The topological polar surface area (TPSA) is 52.0 Å². The average molecular weight is 300 g/mol. The van der Waals surface area contributed by atoms with E-state index in [1.54, 1.807) is 0 Å². The van der Waals surface area contributed by atoms with Crippen LogP contribution >= 0.6 is 0 Å². The first-order chi connectivity index (χ1) is 11.1. The zero-order chi connectivity index (χ0) is 16.4. The second-order valence-corrected chi connectivity index (χ2v) is 5.72. The second-order valence-electron chi connectivity index (χ2n) is 5.72. The largest absolute Gasteiger partial charge is 0.399 e. The van der Waals surface area contributed by atoms with Gasteiger partial charge in [-0.25, -0.2) is 0 Å². The maximum atomic E-state index is 6.02. The van der Waals surface area contributed by atoms with Gasteiger partial charge in [-0.2, -0.15) is 0 Å². The minimum atomic E-state index is 0.730. The summed E-state index contributed by atoms with van der Waals surface area (Å²) >= 11 is 0. The van der Waals surface area contributed by atoms with E-state index in [1.165, 1.54) is 0 Å². The van der Waals surface area contributed by atoms with E-state index in [0.717, 1.165) is 44.8 Å². The van der Waals surface area contributed by atoms with Crippen molar-refractivity contribution in [2.45, 2.75) is 6.92 Å². The Morgan fingerprint density at radius 1 is 0.783 bits per heavy atom. The van der Waals surface area contributed by atoms with Crippen molar-refractivity contribution in [2.24, 2.45) is 0 Å². The first-order valence-electron chi connectivity index (χ1n) is 7.57. The predicted molar refractivity (Wildman–Crippen MR) is 100 cm³/mol. The molecular formula is C21H20N2. The third kappa shape index (κ3) is 2.97. The number of anilines is 2. The van der Waals surface area contributed by atoms with Gasteiger partial charge in [0.1, 0.15) is 0 Å². The lowest BCUT2D eigenvalue weighted by Crippen LogP contribution is -1.96. The van der Waals surface area contributed by atoms with Gasteiger partial charge in [0.05, 0.1) is 0 Å². The molecule has 0 unspecified atom stereocenters. The molecular weight excluding hydrogens is 280 g/mol. The van der Waals surface area contributed by atoms with Crippen LogP contribution in [0.25, 0.3) is 16.7 Å². The fourth-order valence-corrected chi connectivity index (χ4v) is 2.83. The van der Waals surface area contributed by atoms with Gasteiger partial charge in [-0.05, 0) is 64.6 Å². The van der Waals surface area contributed by atoms with Crippen molar-refractivity contribution in [3.63, 3.8) is 0 Å². The highest BCUT2D eigenvalue weighted by molar-refractivity contribution is 5.90. The molecule has 2 heteroatoms. The van der Waals surface area contributed by atoms with Crippen LogP contribution in [0.1, 0.15) is 16.7 Å².